The highest BCUT2D eigenvalue weighted by Gasteiger charge is 2.09. The van der Waals surface area contributed by atoms with E-state index in [0.29, 0.717) is 5.92 Å². The summed E-state index contributed by atoms with van der Waals surface area (Å²) in [6, 6.07) is 4.20. The first-order chi connectivity index (χ1) is 10.1. The van der Waals surface area contributed by atoms with Crippen molar-refractivity contribution in [3.8, 4) is 0 Å². The summed E-state index contributed by atoms with van der Waals surface area (Å²) in [7, 11) is 4.24. The summed E-state index contributed by atoms with van der Waals surface area (Å²) in [4.78, 5) is 6.79. The number of aryl methyl sites for hydroxylation is 1. The van der Waals surface area contributed by atoms with Gasteiger partial charge in [-0.2, -0.15) is 0 Å². The zero-order valence-electron chi connectivity index (χ0n) is 13.8. The van der Waals surface area contributed by atoms with E-state index in [4.69, 9.17) is 0 Å². The van der Waals surface area contributed by atoms with Crippen LogP contribution in [0.4, 0.5) is 0 Å². The zero-order chi connectivity index (χ0) is 15.2. The summed E-state index contributed by atoms with van der Waals surface area (Å²) in [6.45, 7) is 8.57. The van der Waals surface area contributed by atoms with E-state index >= 15 is 0 Å². The smallest absolute Gasteiger partial charge is 0.140 e. The summed E-state index contributed by atoms with van der Waals surface area (Å²) >= 11 is 0. The van der Waals surface area contributed by atoms with Gasteiger partial charge in [0, 0.05) is 30.9 Å². The number of nitrogens with zero attached hydrogens (tertiary/aromatic N) is 3. The van der Waals surface area contributed by atoms with Crippen molar-refractivity contribution in [3.63, 3.8) is 0 Å². The lowest BCUT2D eigenvalue weighted by Crippen LogP contribution is -2.18. The van der Waals surface area contributed by atoms with Crippen molar-refractivity contribution in [1.82, 2.24) is 19.8 Å². The Bertz CT molecular complexity index is 509. The predicted molar refractivity (Wildman–Crippen MR) is 89.4 cm³/mol. The number of fused-ring (bicyclic) bond motifs is 1. The van der Waals surface area contributed by atoms with Gasteiger partial charge in [0.1, 0.15) is 5.65 Å². The fourth-order valence-corrected chi connectivity index (χ4v) is 2.56. The number of hydrogen-bond acceptors (Lipinski definition) is 3. The molecule has 0 radical (unpaired) electrons. The predicted octanol–water partition coefficient (Wildman–Crippen LogP) is 2.73. The molecule has 0 aliphatic carbocycles. The molecule has 1 N–H and O–H groups in total. The van der Waals surface area contributed by atoms with Crippen molar-refractivity contribution in [1.29, 1.82) is 0 Å². The maximum absolute atomic E-state index is 4.56. The van der Waals surface area contributed by atoms with Gasteiger partial charge in [0.25, 0.3) is 0 Å². The van der Waals surface area contributed by atoms with Gasteiger partial charge in [0.2, 0.25) is 0 Å². The third-order valence-corrected chi connectivity index (χ3v) is 3.59. The Balaban J connectivity index is 2.10. The van der Waals surface area contributed by atoms with Crippen molar-refractivity contribution >= 4 is 11.0 Å². The molecule has 2 aromatic rings. The van der Waals surface area contributed by atoms with Crippen LogP contribution in [0.15, 0.2) is 24.5 Å². The number of pyridine rings is 1. The average molecular weight is 288 g/mol. The van der Waals surface area contributed by atoms with Crippen molar-refractivity contribution < 1.29 is 0 Å². The van der Waals surface area contributed by atoms with Gasteiger partial charge >= 0.3 is 0 Å². The molecule has 0 aromatic carbocycles. The van der Waals surface area contributed by atoms with Gasteiger partial charge in [0.15, 0.2) is 0 Å². The van der Waals surface area contributed by atoms with Gasteiger partial charge in [-0.1, -0.05) is 13.8 Å². The number of aromatic nitrogens is 2. The molecular formula is C17H28N4. The van der Waals surface area contributed by atoms with E-state index < -0.39 is 0 Å². The zero-order valence-corrected chi connectivity index (χ0v) is 13.8. The molecular weight excluding hydrogens is 260 g/mol. The molecule has 2 aromatic heterocycles. The molecule has 0 saturated heterocycles. The molecule has 0 amide bonds. The summed E-state index contributed by atoms with van der Waals surface area (Å²) < 4.78 is 2.30. The summed E-state index contributed by atoms with van der Waals surface area (Å²) in [5, 5.41) is 4.81. The second-order valence-electron chi connectivity index (χ2n) is 6.40. The normalized spacial score (nSPS) is 11.9. The van der Waals surface area contributed by atoms with Crippen LogP contribution in [-0.2, 0) is 13.1 Å². The third kappa shape index (κ3) is 4.55. The first kappa shape index (κ1) is 16.0. The highest BCUT2D eigenvalue weighted by molar-refractivity contribution is 5.80. The number of hydrogen-bond donors (Lipinski definition) is 1. The van der Waals surface area contributed by atoms with Gasteiger partial charge in [0.05, 0.1) is 0 Å². The van der Waals surface area contributed by atoms with Gasteiger partial charge in [-0.05, 0) is 57.2 Å². The van der Waals surface area contributed by atoms with Crippen LogP contribution in [0.3, 0.4) is 0 Å². The van der Waals surface area contributed by atoms with Crippen LogP contribution in [-0.4, -0.2) is 41.6 Å². The number of nitrogens with one attached hydrogen (secondary N) is 1. The standard InChI is InChI=1S/C17H28N4/c1-14(2)11-18-12-15-13-21(10-6-9-20(3)4)17-16(15)7-5-8-19-17/h5,7-8,13-14,18H,6,9-12H2,1-4H3. The highest BCUT2D eigenvalue weighted by atomic mass is 15.1. The molecule has 0 atom stereocenters. The summed E-state index contributed by atoms with van der Waals surface area (Å²) in [5.74, 6) is 0.677. The molecule has 4 nitrogen and oxygen atoms in total. The Morgan fingerprint density at radius 3 is 2.86 bits per heavy atom. The second kappa shape index (κ2) is 7.57. The van der Waals surface area contributed by atoms with Crippen molar-refractivity contribution in [3.05, 3.63) is 30.1 Å². The van der Waals surface area contributed by atoms with Crippen LogP contribution in [0, 0.1) is 5.92 Å². The van der Waals surface area contributed by atoms with Crippen LogP contribution in [0.2, 0.25) is 0 Å². The van der Waals surface area contributed by atoms with Crippen LogP contribution in [0.1, 0.15) is 25.8 Å². The lowest BCUT2D eigenvalue weighted by atomic mass is 10.2. The maximum Gasteiger partial charge on any atom is 0.140 e. The highest BCUT2D eigenvalue weighted by Crippen LogP contribution is 2.19. The van der Waals surface area contributed by atoms with E-state index in [1.807, 2.05) is 12.3 Å². The van der Waals surface area contributed by atoms with E-state index in [-0.39, 0.29) is 0 Å². The molecule has 4 heteroatoms. The van der Waals surface area contributed by atoms with Crippen molar-refractivity contribution in [2.24, 2.45) is 5.92 Å². The van der Waals surface area contributed by atoms with Crippen LogP contribution in [0.5, 0.6) is 0 Å². The molecule has 0 spiro atoms. The van der Waals surface area contributed by atoms with Crippen molar-refractivity contribution in [2.45, 2.75) is 33.4 Å². The van der Waals surface area contributed by atoms with Gasteiger partial charge in [-0.3, -0.25) is 0 Å². The SMILES string of the molecule is CC(C)CNCc1cn(CCCN(C)C)c2ncccc12. The molecule has 0 bridgehead atoms. The van der Waals surface area contributed by atoms with Gasteiger partial charge in [-0.25, -0.2) is 4.98 Å². The van der Waals surface area contributed by atoms with E-state index in [1.54, 1.807) is 0 Å². The van der Waals surface area contributed by atoms with Gasteiger partial charge in [-0.15, -0.1) is 0 Å². The van der Waals surface area contributed by atoms with Crippen LogP contribution in [0.25, 0.3) is 11.0 Å². The summed E-state index contributed by atoms with van der Waals surface area (Å²) in [5.41, 5.74) is 2.46. The first-order valence-electron chi connectivity index (χ1n) is 7.86. The topological polar surface area (TPSA) is 33.1 Å². The Kier molecular flexibility index (Phi) is 5.76. The van der Waals surface area contributed by atoms with E-state index in [0.717, 1.165) is 38.2 Å². The maximum atomic E-state index is 4.56. The Labute approximate surface area is 128 Å². The molecule has 116 valence electrons. The fraction of sp³-hybridized carbons (Fsp3) is 0.588. The third-order valence-electron chi connectivity index (χ3n) is 3.59. The van der Waals surface area contributed by atoms with Gasteiger partial charge < -0.3 is 14.8 Å². The Hall–Kier alpha value is -1.39. The van der Waals surface area contributed by atoms with Crippen LogP contribution >= 0.6 is 0 Å². The molecule has 21 heavy (non-hydrogen) atoms. The van der Waals surface area contributed by atoms with E-state index in [1.165, 1.54) is 10.9 Å². The molecule has 0 aliphatic rings. The molecule has 0 unspecified atom stereocenters. The monoisotopic (exact) mass is 288 g/mol. The molecule has 0 saturated carbocycles. The quantitative estimate of drug-likeness (QED) is 0.811. The first-order valence-corrected chi connectivity index (χ1v) is 7.86. The lowest BCUT2D eigenvalue weighted by molar-refractivity contribution is 0.387. The molecule has 0 fully saturated rings. The minimum absolute atomic E-state index is 0.677. The van der Waals surface area contributed by atoms with Crippen molar-refractivity contribution in [2.75, 3.05) is 27.2 Å². The largest absolute Gasteiger partial charge is 0.332 e. The Morgan fingerprint density at radius 1 is 1.33 bits per heavy atom. The molecule has 2 rings (SSSR count). The second-order valence-corrected chi connectivity index (χ2v) is 6.40. The van der Waals surface area contributed by atoms with Crippen LogP contribution < -0.4 is 5.32 Å². The molecule has 0 aliphatic heterocycles. The minimum Gasteiger partial charge on any atom is -0.332 e. The Morgan fingerprint density at radius 2 is 2.14 bits per heavy atom. The van der Waals surface area contributed by atoms with E-state index in [9.17, 15) is 0 Å². The lowest BCUT2D eigenvalue weighted by Gasteiger charge is -2.10. The summed E-state index contributed by atoms with van der Waals surface area (Å²) in [6.07, 6.45) is 5.29. The minimum atomic E-state index is 0.677. The number of rotatable bonds is 8. The molecule has 2 heterocycles. The average Bonchev–Trinajstić information content (AvgIpc) is 2.77. The fourth-order valence-electron chi connectivity index (χ4n) is 2.56. The van der Waals surface area contributed by atoms with E-state index in [2.05, 4.69) is 60.0 Å².